The Hall–Kier alpha value is 0.130. The fraction of sp³-hybridized carbons (Fsp3) is 0.600. The second kappa shape index (κ2) is 10.8. The fourth-order valence-corrected chi connectivity index (χ4v) is 3.34. The third kappa shape index (κ3) is 5.68. The van der Waals surface area contributed by atoms with Gasteiger partial charge in [0.25, 0.3) is 0 Å². The van der Waals surface area contributed by atoms with Gasteiger partial charge in [0.2, 0.25) is 0 Å². The van der Waals surface area contributed by atoms with Crippen molar-refractivity contribution < 1.29 is 4.39 Å². The van der Waals surface area contributed by atoms with Gasteiger partial charge >= 0.3 is 0 Å². The Morgan fingerprint density at radius 1 is 1.29 bits per heavy atom. The van der Waals surface area contributed by atoms with Crippen LogP contribution in [0.4, 0.5) is 4.39 Å². The van der Waals surface area contributed by atoms with Gasteiger partial charge in [0.1, 0.15) is 5.82 Å². The first-order valence-electron chi connectivity index (χ1n) is 7.12. The molecule has 1 N–H and O–H groups in total. The van der Waals surface area contributed by atoms with Gasteiger partial charge in [-0.1, -0.05) is 41.8 Å². The smallest absolute Gasteiger partial charge is 0.129 e. The summed E-state index contributed by atoms with van der Waals surface area (Å²) in [7, 11) is 0. The van der Waals surface area contributed by atoms with E-state index in [0.717, 1.165) is 55.5 Å². The number of nitrogens with zero attached hydrogens (tertiary/aromatic N) is 1. The lowest BCUT2D eigenvalue weighted by Gasteiger charge is -2.36. The van der Waals surface area contributed by atoms with Crippen LogP contribution >= 0.6 is 40.7 Å². The molecular weight excluding hydrogens is 378 g/mol. The molecular formula is C15H24BrCl2FN2. The van der Waals surface area contributed by atoms with Crippen LogP contribution in [0, 0.1) is 5.82 Å². The molecule has 1 atom stereocenters. The van der Waals surface area contributed by atoms with Gasteiger partial charge in [-0.2, -0.15) is 0 Å². The van der Waals surface area contributed by atoms with Crippen molar-refractivity contribution in [3.63, 3.8) is 0 Å². The lowest BCUT2D eigenvalue weighted by Crippen LogP contribution is -2.45. The molecule has 0 radical (unpaired) electrons. The van der Waals surface area contributed by atoms with Crippen molar-refractivity contribution >= 4 is 40.7 Å². The number of hydrogen-bond donors (Lipinski definition) is 1. The molecule has 2 nitrogen and oxygen atoms in total. The quantitative estimate of drug-likeness (QED) is 0.777. The van der Waals surface area contributed by atoms with Crippen molar-refractivity contribution in [1.29, 1.82) is 0 Å². The average Bonchev–Trinajstić information content (AvgIpc) is 2.43. The molecule has 2 rings (SSSR count). The summed E-state index contributed by atoms with van der Waals surface area (Å²) < 4.78 is 15.1. The van der Waals surface area contributed by atoms with Crippen LogP contribution in [0.1, 0.15) is 37.8 Å². The van der Waals surface area contributed by atoms with Crippen LogP contribution in [0.25, 0.3) is 0 Å². The number of halogens is 4. The number of rotatable bonds is 5. The molecule has 21 heavy (non-hydrogen) atoms. The molecule has 0 saturated carbocycles. The minimum atomic E-state index is -0.0889. The maximum absolute atomic E-state index is 14.2. The highest BCUT2D eigenvalue weighted by molar-refractivity contribution is 9.10. The molecule has 1 saturated heterocycles. The summed E-state index contributed by atoms with van der Waals surface area (Å²) >= 11 is 3.52. The molecule has 1 aromatic rings. The number of piperazine rings is 1. The van der Waals surface area contributed by atoms with Crippen LogP contribution < -0.4 is 5.32 Å². The number of benzene rings is 1. The first-order valence-corrected chi connectivity index (χ1v) is 7.92. The van der Waals surface area contributed by atoms with E-state index in [1.54, 1.807) is 12.1 Å². The van der Waals surface area contributed by atoms with Crippen molar-refractivity contribution in [2.45, 2.75) is 32.2 Å². The standard InChI is InChI=1S/C15H22BrFN2.2ClH/c1-2-3-7-14(19-10-8-18-9-11-19)15-12(16)5-4-6-13(15)17;;/h4-6,14,18H,2-3,7-11H2,1H3;2*1H/t14-;;/m1../s1. The molecule has 0 amide bonds. The zero-order chi connectivity index (χ0) is 13.7. The van der Waals surface area contributed by atoms with E-state index in [4.69, 9.17) is 0 Å². The van der Waals surface area contributed by atoms with E-state index < -0.39 is 0 Å². The predicted molar refractivity (Wildman–Crippen MR) is 95.3 cm³/mol. The molecule has 0 aliphatic carbocycles. The maximum atomic E-state index is 14.2. The molecule has 6 heteroatoms. The lowest BCUT2D eigenvalue weighted by atomic mass is 9.98. The highest BCUT2D eigenvalue weighted by Gasteiger charge is 2.25. The highest BCUT2D eigenvalue weighted by Crippen LogP contribution is 2.33. The van der Waals surface area contributed by atoms with Gasteiger partial charge in [-0.05, 0) is 18.6 Å². The first-order chi connectivity index (χ1) is 9.24. The zero-order valence-corrected chi connectivity index (χ0v) is 15.5. The summed E-state index contributed by atoms with van der Waals surface area (Å²) in [6.07, 6.45) is 3.31. The predicted octanol–water partition coefficient (Wildman–Crippen LogP) is 4.57. The van der Waals surface area contributed by atoms with E-state index in [9.17, 15) is 4.39 Å². The largest absolute Gasteiger partial charge is 0.314 e. The molecule has 0 aromatic heterocycles. The molecule has 1 aliphatic heterocycles. The monoisotopic (exact) mass is 400 g/mol. The van der Waals surface area contributed by atoms with Gasteiger partial charge in [0.15, 0.2) is 0 Å². The Kier molecular flexibility index (Phi) is 10.9. The van der Waals surface area contributed by atoms with Crippen molar-refractivity contribution in [3.05, 3.63) is 34.1 Å². The fourth-order valence-electron chi connectivity index (χ4n) is 2.73. The summed E-state index contributed by atoms with van der Waals surface area (Å²) in [6, 6.07) is 5.47. The van der Waals surface area contributed by atoms with E-state index in [1.165, 1.54) is 0 Å². The van der Waals surface area contributed by atoms with Gasteiger partial charge < -0.3 is 5.32 Å². The van der Waals surface area contributed by atoms with Gasteiger partial charge in [-0.3, -0.25) is 4.90 Å². The summed E-state index contributed by atoms with van der Waals surface area (Å²) in [5.74, 6) is -0.0889. The van der Waals surface area contributed by atoms with E-state index >= 15 is 0 Å². The Bertz CT molecular complexity index is 394. The van der Waals surface area contributed by atoms with Crippen LogP contribution in [0.3, 0.4) is 0 Å². The minimum absolute atomic E-state index is 0. The third-order valence-electron chi connectivity index (χ3n) is 3.76. The Balaban J connectivity index is 0.00000200. The molecule has 0 spiro atoms. The highest BCUT2D eigenvalue weighted by atomic mass is 79.9. The summed E-state index contributed by atoms with van der Waals surface area (Å²) in [5.41, 5.74) is 0.831. The second-order valence-corrected chi connectivity index (χ2v) is 5.93. The number of nitrogens with one attached hydrogen (secondary N) is 1. The Morgan fingerprint density at radius 2 is 1.95 bits per heavy atom. The molecule has 0 unspecified atom stereocenters. The van der Waals surface area contributed by atoms with E-state index in [-0.39, 0.29) is 36.7 Å². The molecule has 1 fully saturated rings. The van der Waals surface area contributed by atoms with E-state index in [0.29, 0.717) is 0 Å². The Labute approximate surface area is 147 Å². The average molecular weight is 402 g/mol. The molecule has 1 aromatic carbocycles. The van der Waals surface area contributed by atoms with Crippen LogP contribution in [-0.4, -0.2) is 31.1 Å². The van der Waals surface area contributed by atoms with Crippen molar-refractivity contribution in [1.82, 2.24) is 10.2 Å². The normalized spacial score (nSPS) is 16.7. The number of unbranched alkanes of at least 4 members (excludes halogenated alkanes) is 1. The van der Waals surface area contributed by atoms with Crippen molar-refractivity contribution in [2.75, 3.05) is 26.2 Å². The Morgan fingerprint density at radius 3 is 2.52 bits per heavy atom. The first kappa shape index (κ1) is 21.1. The lowest BCUT2D eigenvalue weighted by molar-refractivity contribution is 0.159. The van der Waals surface area contributed by atoms with Crippen LogP contribution in [0.5, 0.6) is 0 Å². The molecule has 0 bridgehead atoms. The van der Waals surface area contributed by atoms with E-state index in [2.05, 4.69) is 33.1 Å². The summed E-state index contributed by atoms with van der Waals surface area (Å²) in [5, 5.41) is 3.36. The van der Waals surface area contributed by atoms with Crippen LogP contribution in [-0.2, 0) is 0 Å². The van der Waals surface area contributed by atoms with Gasteiger partial charge in [0.05, 0.1) is 0 Å². The zero-order valence-electron chi connectivity index (χ0n) is 12.3. The molecule has 1 aliphatic rings. The number of hydrogen-bond acceptors (Lipinski definition) is 2. The van der Waals surface area contributed by atoms with Gasteiger partial charge in [-0.15, -0.1) is 24.8 Å². The van der Waals surface area contributed by atoms with Crippen LogP contribution in [0.15, 0.2) is 22.7 Å². The van der Waals surface area contributed by atoms with E-state index in [1.807, 2.05) is 6.07 Å². The maximum Gasteiger partial charge on any atom is 0.129 e. The van der Waals surface area contributed by atoms with Crippen molar-refractivity contribution in [2.24, 2.45) is 0 Å². The summed E-state index contributed by atoms with van der Waals surface area (Å²) in [4.78, 5) is 2.41. The topological polar surface area (TPSA) is 15.3 Å². The molecule has 1 heterocycles. The minimum Gasteiger partial charge on any atom is -0.314 e. The van der Waals surface area contributed by atoms with Gasteiger partial charge in [-0.25, -0.2) is 4.39 Å². The van der Waals surface area contributed by atoms with Crippen LogP contribution in [0.2, 0.25) is 0 Å². The molecule has 122 valence electrons. The van der Waals surface area contributed by atoms with Crippen molar-refractivity contribution in [3.8, 4) is 0 Å². The SMILES string of the molecule is CCCC[C@H](c1c(F)cccc1Br)N1CCNCC1.Cl.Cl. The third-order valence-corrected chi connectivity index (χ3v) is 4.45. The second-order valence-electron chi connectivity index (χ2n) is 5.08. The summed E-state index contributed by atoms with van der Waals surface area (Å²) in [6.45, 7) is 6.17. The van der Waals surface area contributed by atoms with Gasteiger partial charge in [0, 0.05) is 42.3 Å².